The zero-order valence-corrected chi connectivity index (χ0v) is 12.6. The maximum atomic E-state index is 12.4. The average Bonchev–Trinajstić information content (AvgIpc) is 2.57. The molecule has 1 aromatic heterocycles. The first-order chi connectivity index (χ1) is 10.7. The number of hydrogen-bond acceptors (Lipinski definition) is 4. The highest BCUT2D eigenvalue weighted by Gasteiger charge is 2.23. The molecular weight excluding hydrogens is 282 g/mol. The van der Waals surface area contributed by atoms with Crippen molar-refractivity contribution in [3.05, 3.63) is 40.8 Å². The summed E-state index contributed by atoms with van der Waals surface area (Å²) in [5, 5.41) is 5.47. The number of benzene rings is 1. The number of fused-ring (bicyclic) bond motifs is 1. The van der Waals surface area contributed by atoms with Gasteiger partial charge in [0.05, 0.1) is 24.3 Å². The van der Waals surface area contributed by atoms with E-state index >= 15 is 0 Å². The molecule has 22 heavy (non-hydrogen) atoms. The van der Waals surface area contributed by atoms with Crippen molar-refractivity contribution in [3.63, 3.8) is 0 Å². The van der Waals surface area contributed by atoms with Gasteiger partial charge in [-0.15, -0.1) is 0 Å². The van der Waals surface area contributed by atoms with Crippen LogP contribution in [-0.4, -0.2) is 46.4 Å². The summed E-state index contributed by atoms with van der Waals surface area (Å²) >= 11 is 0. The standard InChI is InChI=1S/C16H19N3O3/c1-2-13-10-18(7-8-22-13)15(20)11-19-16(21)14-6-4-3-5-12(14)9-17-19/h3-6,9,13H,2,7-8,10-11H2,1H3. The Hall–Kier alpha value is -2.21. The van der Waals surface area contributed by atoms with Gasteiger partial charge in [-0.2, -0.15) is 5.10 Å². The molecule has 0 bridgehead atoms. The fraction of sp³-hybridized carbons (Fsp3) is 0.438. The van der Waals surface area contributed by atoms with E-state index in [0.717, 1.165) is 11.8 Å². The molecule has 1 aliphatic heterocycles. The first kappa shape index (κ1) is 14.7. The Kier molecular flexibility index (Phi) is 4.20. The van der Waals surface area contributed by atoms with Gasteiger partial charge in [-0.25, -0.2) is 4.68 Å². The smallest absolute Gasteiger partial charge is 0.275 e. The second kappa shape index (κ2) is 6.27. The number of carbonyl (C=O) groups is 1. The molecule has 0 aliphatic carbocycles. The minimum absolute atomic E-state index is 0.0277. The largest absolute Gasteiger partial charge is 0.375 e. The molecule has 1 saturated heterocycles. The number of morpholine rings is 1. The van der Waals surface area contributed by atoms with Crippen LogP contribution in [0, 0.1) is 0 Å². The summed E-state index contributed by atoms with van der Waals surface area (Å²) in [6.45, 7) is 3.70. The number of hydrogen-bond donors (Lipinski definition) is 0. The van der Waals surface area contributed by atoms with E-state index in [1.807, 2.05) is 25.1 Å². The van der Waals surface area contributed by atoms with Crippen LogP contribution in [0.25, 0.3) is 10.8 Å². The Morgan fingerprint density at radius 2 is 2.23 bits per heavy atom. The molecular formula is C16H19N3O3. The average molecular weight is 301 g/mol. The second-order valence-electron chi connectivity index (χ2n) is 5.44. The molecule has 116 valence electrons. The van der Waals surface area contributed by atoms with E-state index in [0.29, 0.717) is 25.1 Å². The number of carbonyl (C=O) groups excluding carboxylic acids is 1. The summed E-state index contributed by atoms with van der Waals surface area (Å²) in [5.74, 6) is -0.0911. The van der Waals surface area contributed by atoms with Crippen molar-refractivity contribution in [2.24, 2.45) is 0 Å². The van der Waals surface area contributed by atoms with Crippen molar-refractivity contribution in [1.82, 2.24) is 14.7 Å². The summed E-state index contributed by atoms with van der Waals surface area (Å²) in [5.41, 5.74) is -0.230. The van der Waals surface area contributed by atoms with E-state index in [-0.39, 0.29) is 24.1 Å². The van der Waals surface area contributed by atoms with Crippen molar-refractivity contribution in [2.45, 2.75) is 26.0 Å². The third-order valence-electron chi connectivity index (χ3n) is 3.99. The molecule has 1 amide bonds. The van der Waals surface area contributed by atoms with Crippen molar-refractivity contribution < 1.29 is 9.53 Å². The Morgan fingerprint density at radius 3 is 3.05 bits per heavy atom. The molecule has 6 heteroatoms. The topological polar surface area (TPSA) is 64.4 Å². The van der Waals surface area contributed by atoms with Crippen LogP contribution in [-0.2, 0) is 16.1 Å². The van der Waals surface area contributed by atoms with Gasteiger partial charge in [-0.3, -0.25) is 9.59 Å². The predicted octanol–water partition coefficient (Wildman–Crippen LogP) is 1.03. The highest BCUT2D eigenvalue weighted by Crippen LogP contribution is 2.09. The summed E-state index contributed by atoms with van der Waals surface area (Å²) in [6.07, 6.45) is 2.58. The van der Waals surface area contributed by atoms with Gasteiger partial charge in [0, 0.05) is 18.5 Å². The number of aromatic nitrogens is 2. The van der Waals surface area contributed by atoms with Crippen LogP contribution in [0.2, 0.25) is 0 Å². The third-order valence-corrected chi connectivity index (χ3v) is 3.99. The van der Waals surface area contributed by atoms with Gasteiger partial charge in [0.1, 0.15) is 6.54 Å². The van der Waals surface area contributed by atoms with Crippen LogP contribution in [0.15, 0.2) is 35.3 Å². The molecule has 1 aliphatic rings. The monoisotopic (exact) mass is 301 g/mol. The number of ether oxygens (including phenoxy) is 1. The van der Waals surface area contributed by atoms with E-state index in [9.17, 15) is 9.59 Å². The molecule has 0 spiro atoms. The van der Waals surface area contributed by atoms with Crippen molar-refractivity contribution in [1.29, 1.82) is 0 Å². The quantitative estimate of drug-likeness (QED) is 0.849. The van der Waals surface area contributed by atoms with Crippen LogP contribution in [0.3, 0.4) is 0 Å². The zero-order chi connectivity index (χ0) is 15.5. The van der Waals surface area contributed by atoms with Crippen molar-refractivity contribution in [3.8, 4) is 0 Å². The third kappa shape index (κ3) is 2.87. The minimum atomic E-state index is -0.230. The molecule has 6 nitrogen and oxygen atoms in total. The Labute approximate surface area is 128 Å². The molecule has 1 unspecified atom stereocenters. The van der Waals surface area contributed by atoms with Gasteiger partial charge >= 0.3 is 0 Å². The lowest BCUT2D eigenvalue weighted by Gasteiger charge is -2.32. The van der Waals surface area contributed by atoms with Gasteiger partial charge in [0.15, 0.2) is 0 Å². The van der Waals surface area contributed by atoms with Gasteiger partial charge in [-0.05, 0) is 12.5 Å². The lowest BCUT2D eigenvalue weighted by atomic mass is 10.2. The van der Waals surface area contributed by atoms with Gasteiger partial charge < -0.3 is 9.64 Å². The predicted molar refractivity (Wildman–Crippen MR) is 82.6 cm³/mol. The molecule has 3 rings (SSSR count). The molecule has 0 radical (unpaired) electrons. The van der Waals surface area contributed by atoms with Gasteiger partial charge in [0.2, 0.25) is 5.91 Å². The summed E-state index contributed by atoms with van der Waals surface area (Å²) < 4.78 is 6.80. The van der Waals surface area contributed by atoms with Crippen LogP contribution < -0.4 is 5.56 Å². The molecule has 2 heterocycles. The zero-order valence-electron chi connectivity index (χ0n) is 12.6. The van der Waals surface area contributed by atoms with Gasteiger partial charge in [0.25, 0.3) is 5.56 Å². The van der Waals surface area contributed by atoms with Crippen LogP contribution in [0.4, 0.5) is 0 Å². The van der Waals surface area contributed by atoms with Crippen molar-refractivity contribution >= 4 is 16.7 Å². The Balaban J connectivity index is 1.79. The lowest BCUT2D eigenvalue weighted by molar-refractivity contribution is -0.139. The molecule has 0 N–H and O–H groups in total. The number of amides is 1. The SMILES string of the molecule is CCC1CN(C(=O)Cn2ncc3ccccc3c2=O)CCO1. The summed E-state index contributed by atoms with van der Waals surface area (Å²) in [4.78, 5) is 26.5. The highest BCUT2D eigenvalue weighted by atomic mass is 16.5. The first-order valence-electron chi connectivity index (χ1n) is 7.53. The Morgan fingerprint density at radius 1 is 1.41 bits per heavy atom. The lowest BCUT2D eigenvalue weighted by Crippen LogP contribution is -2.47. The fourth-order valence-corrected chi connectivity index (χ4v) is 2.66. The van der Waals surface area contributed by atoms with E-state index in [2.05, 4.69) is 5.10 Å². The first-order valence-corrected chi connectivity index (χ1v) is 7.53. The van der Waals surface area contributed by atoms with E-state index in [1.54, 1.807) is 17.2 Å². The van der Waals surface area contributed by atoms with Crippen molar-refractivity contribution in [2.75, 3.05) is 19.7 Å². The van der Waals surface area contributed by atoms with E-state index in [1.165, 1.54) is 4.68 Å². The Bertz CT molecular complexity index is 741. The fourth-order valence-electron chi connectivity index (χ4n) is 2.66. The summed E-state index contributed by atoms with van der Waals surface area (Å²) in [6, 6.07) is 7.26. The molecule has 0 saturated carbocycles. The van der Waals surface area contributed by atoms with Crippen LogP contribution in [0.5, 0.6) is 0 Å². The minimum Gasteiger partial charge on any atom is -0.375 e. The maximum absolute atomic E-state index is 12.4. The summed E-state index contributed by atoms with van der Waals surface area (Å²) in [7, 11) is 0. The van der Waals surface area contributed by atoms with E-state index < -0.39 is 0 Å². The number of nitrogens with zero attached hydrogens (tertiary/aromatic N) is 3. The maximum Gasteiger partial charge on any atom is 0.275 e. The van der Waals surface area contributed by atoms with Crippen LogP contribution in [0.1, 0.15) is 13.3 Å². The molecule has 1 fully saturated rings. The van der Waals surface area contributed by atoms with Crippen LogP contribution >= 0.6 is 0 Å². The second-order valence-corrected chi connectivity index (χ2v) is 5.44. The normalized spacial score (nSPS) is 18.6. The molecule has 1 atom stereocenters. The molecule has 1 aromatic carbocycles. The van der Waals surface area contributed by atoms with E-state index in [4.69, 9.17) is 4.74 Å². The molecule has 2 aromatic rings. The number of rotatable bonds is 3. The highest BCUT2D eigenvalue weighted by molar-refractivity contribution is 5.81. The van der Waals surface area contributed by atoms with Gasteiger partial charge in [-0.1, -0.05) is 25.1 Å².